The van der Waals surface area contributed by atoms with E-state index in [4.69, 9.17) is 5.73 Å². The van der Waals surface area contributed by atoms with E-state index in [2.05, 4.69) is 0 Å². The number of aryl methyl sites for hydroxylation is 1. The van der Waals surface area contributed by atoms with Crippen LogP contribution in [-0.4, -0.2) is 29.8 Å². The molecule has 2 amide bonds. The molecule has 1 fully saturated rings. The summed E-state index contributed by atoms with van der Waals surface area (Å²) in [6.45, 7) is 3.17. The average Bonchev–Trinajstić information content (AvgIpc) is 2.81. The second kappa shape index (κ2) is 6.02. The first-order valence-corrected chi connectivity index (χ1v) is 7.26. The standard InChI is InChI=1S/C14H18N2O2S/c1-10-6-8-19-12(10)4-5-13(17)16-7-2-3-11(9-16)14(15)18/h4-6,8,11H,2-3,7,9H2,1H3,(H2,15,18)/b5-4+/t11-/m0/s1. The Balaban J connectivity index is 1.98. The van der Waals surface area contributed by atoms with Crippen molar-refractivity contribution in [3.8, 4) is 0 Å². The molecule has 0 saturated carbocycles. The molecule has 0 unspecified atom stereocenters. The zero-order valence-corrected chi connectivity index (χ0v) is 11.8. The Morgan fingerprint density at radius 1 is 1.53 bits per heavy atom. The van der Waals surface area contributed by atoms with E-state index in [1.54, 1.807) is 22.3 Å². The normalized spacial score (nSPS) is 19.8. The lowest BCUT2D eigenvalue weighted by Gasteiger charge is -2.30. The summed E-state index contributed by atoms with van der Waals surface area (Å²) >= 11 is 1.61. The molecular weight excluding hydrogens is 260 g/mol. The zero-order chi connectivity index (χ0) is 13.8. The van der Waals surface area contributed by atoms with Gasteiger partial charge in [0, 0.05) is 24.0 Å². The fourth-order valence-corrected chi connectivity index (χ4v) is 3.04. The first-order chi connectivity index (χ1) is 9.08. The Kier molecular flexibility index (Phi) is 4.37. The summed E-state index contributed by atoms with van der Waals surface area (Å²) in [4.78, 5) is 26.0. The Labute approximate surface area is 116 Å². The lowest BCUT2D eigenvalue weighted by molar-refractivity contribution is -0.130. The quantitative estimate of drug-likeness (QED) is 0.857. The zero-order valence-electron chi connectivity index (χ0n) is 11.0. The van der Waals surface area contributed by atoms with E-state index >= 15 is 0 Å². The van der Waals surface area contributed by atoms with Crippen molar-refractivity contribution in [3.05, 3.63) is 28.0 Å². The predicted molar refractivity (Wildman–Crippen MR) is 76.6 cm³/mol. The van der Waals surface area contributed by atoms with Crippen molar-refractivity contribution < 1.29 is 9.59 Å². The molecule has 1 atom stereocenters. The summed E-state index contributed by atoms with van der Waals surface area (Å²) in [5, 5.41) is 2.00. The molecule has 0 radical (unpaired) electrons. The number of hydrogen-bond acceptors (Lipinski definition) is 3. The monoisotopic (exact) mass is 278 g/mol. The summed E-state index contributed by atoms with van der Waals surface area (Å²) < 4.78 is 0. The smallest absolute Gasteiger partial charge is 0.246 e. The van der Waals surface area contributed by atoms with Crippen LogP contribution in [0.2, 0.25) is 0 Å². The topological polar surface area (TPSA) is 63.4 Å². The maximum atomic E-state index is 12.1. The molecule has 0 aromatic carbocycles. The van der Waals surface area contributed by atoms with Gasteiger partial charge in [0.1, 0.15) is 0 Å². The number of hydrogen-bond donors (Lipinski definition) is 1. The molecule has 2 N–H and O–H groups in total. The first-order valence-electron chi connectivity index (χ1n) is 6.38. The van der Waals surface area contributed by atoms with Crippen LogP contribution in [0.15, 0.2) is 17.5 Å². The molecule has 19 heavy (non-hydrogen) atoms. The van der Waals surface area contributed by atoms with Crippen molar-refractivity contribution in [2.45, 2.75) is 19.8 Å². The number of piperidine rings is 1. The van der Waals surface area contributed by atoms with Crippen LogP contribution in [0.1, 0.15) is 23.3 Å². The number of amides is 2. The number of thiophene rings is 1. The molecule has 2 heterocycles. The summed E-state index contributed by atoms with van der Waals surface area (Å²) in [6.07, 6.45) is 5.05. The van der Waals surface area contributed by atoms with E-state index in [1.807, 2.05) is 24.4 Å². The van der Waals surface area contributed by atoms with Crippen LogP contribution in [-0.2, 0) is 9.59 Å². The van der Waals surface area contributed by atoms with Gasteiger partial charge in [-0.25, -0.2) is 0 Å². The van der Waals surface area contributed by atoms with Gasteiger partial charge in [-0.3, -0.25) is 9.59 Å². The van der Waals surface area contributed by atoms with Crippen LogP contribution < -0.4 is 5.73 Å². The molecule has 1 aliphatic rings. The van der Waals surface area contributed by atoms with Crippen molar-refractivity contribution in [2.24, 2.45) is 11.7 Å². The molecule has 1 aromatic heterocycles. The molecule has 1 aromatic rings. The van der Waals surface area contributed by atoms with Crippen LogP contribution in [0.25, 0.3) is 6.08 Å². The van der Waals surface area contributed by atoms with Gasteiger partial charge in [-0.05, 0) is 42.9 Å². The van der Waals surface area contributed by atoms with Crippen molar-refractivity contribution >= 4 is 29.2 Å². The van der Waals surface area contributed by atoms with Gasteiger partial charge in [0.05, 0.1) is 5.92 Å². The van der Waals surface area contributed by atoms with E-state index in [1.165, 1.54) is 5.56 Å². The van der Waals surface area contributed by atoms with Crippen LogP contribution in [0, 0.1) is 12.8 Å². The van der Waals surface area contributed by atoms with E-state index in [0.717, 1.165) is 17.7 Å². The number of carbonyl (C=O) groups excluding carboxylic acids is 2. The van der Waals surface area contributed by atoms with Gasteiger partial charge in [0.2, 0.25) is 11.8 Å². The minimum atomic E-state index is -0.310. The molecule has 0 aliphatic carbocycles. The fourth-order valence-electron chi connectivity index (χ4n) is 2.22. The lowest BCUT2D eigenvalue weighted by Crippen LogP contribution is -2.43. The Morgan fingerprint density at radius 2 is 2.32 bits per heavy atom. The van der Waals surface area contributed by atoms with Gasteiger partial charge in [-0.2, -0.15) is 0 Å². The Morgan fingerprint density at radius 3 is 2.95 bits per heavy atom. The summed E-state index contributed by atoms with van der Waals surface area (Å²) in [7, 11) is 0. The van der Waals surface area contributed by atoms with Gasteiger partial charge in [0.15, 0.2) is 0 Å². The molecule has 0 spiro atoms. The molecule has 5 heteroatoms. The second-order valence-electron chi connectivity index (χ2n) is 4.83. The number of nitrogens with zero attached hydrogens (tertiary/aromatic N) is 1. The number of carbonyl (C=O) groups is 2. The molecule has 2 rings (SSSR count). The molecule has 4 nitrogen and oxygen atoms in total. The average molecular weight is 278 g/mol. The summed E-state index contributed by atoms with van der Waals surface area (Å²) in [6, 6.07) is 2.03. The van der Waals surface area contributed by atoms with Crippen molar-refractivity contribution in [1.29, 1.82) is 0 Å². The summed E-state index contributed by atoms with van der Waals surface area (Å²) in [5.74, 6) is -0.552. The summed E-state index contributed by atoms with van der Waals surface area (Å²) in [5.41, 5.74) is 6.48. The third kappa shape index (κ3) is 3.44. The van der Waals surface area contributed by atoms with Crippen molar-refractivity contribution in [1.82, 2.24) is 4.90 Å². The van der Waals surface area contributed by atoms with Gasteiger partial charge in [-0.15, -0.1) is 11.3 Å². The highest BCUT2D eigenvalue weighted by atomic mass is 32.1. The minimum Gasteiger partial charge on any atom is -0.369 e. The second-order valence-corrected chi connectivity index (χ2v) is 5.77. The first kappa shape index (κ1) is 13.8. The Hall–Kier alpha value is -1.62. The molecule has 0 bridgehead atoms. The molecule has 1 aliphatic heterocycles. The predicted octanol–water partition coefficient (Wildman–Crippen LogP) is 1.79. The number of nitrogens with two attached hydrogens (primary N) is 1. The van der Waals surface area contributed by atoms with E-state index in [-0.39, 0.29) is 17.7 Å². The third-order valence-corrected chi connectivity index (χ3v) is 4.40. The lowest BCUT2D eigenvalue weighted by atomic mass is 9.97. The highest BCUT2D eigenvalue weighted by Crippen LogP contribution is 2.19. The van der Waals surface area contributed by atoms with Crippen molar-refractivity contribution in [3.63, 3.8) is 0 Å². The van der Waals surface area contributed by atoms with Gasteiger partial charge in [0.25, 0.3) is 0 Å². The molecular formula is C14H18N2O2S. The largest absolute Gasteiger partial charge is 0.369 e. The highest BCUT2D eigenvalue weighted by molar-refractivity contribution is 7.11. The highest BCUT2D eigenvalue weighted by Gasteiger charge is 2.25. The Bertz CT molecular complexity index is 507. The van der Waals surface area contributed by atoms with Crippen molar-refractivity contribution in [2.75, 3.05) is 13.1 Å². The number of primary amides is 1. The van der Waals surface area contributed by atoms with Gasteiger partial charge in [-0.1, -0.05) is 0 Å². The van der Waals surface area contributed by atoms with Crippen LogP contribution >= 0.6 is 11.3 Å². The molecule has 102 valence electrons. The van der Waals surface area contributed by atoms with E-state index in [9.17, 15) is 9.59 Å². The SMILES string of the molecule is Cc1ccsc1/C=C/C(=O)N1CCC[C@H](C(N)=O)C1. The van der Waals surface area contributed by atoms with E-state index < -0.39 is 0 Å². The fraction of sp³-hybridized carbons (Fsp3) is 0.429. The maximum Gasteiger partial charge on any atom is 0.246 e. The van der Waals surface area contributed by atoms with Gasteiger partial charge >= 0.3 is 0 Å². The number of rotatable bonds is 3. The molecule has 1 saturated heterocycles. The van der Waals surface area contributed by atoms with Crippen LogP contribution in [0.5, 0.6) is 0 Å². The van der Waals surface area contributed by atoms with Crippen LogP contribution in [0.4, 0.5) is 0 Å². The third-order valence-electron chi connectivity index (χ3n) is 3.41. The van der Waals surface area contributed by atoms with E-state index in [0.29, 0.717) is 13.1 Å². The van der Waals surface area contributed by atoms with Gasteiger partial charge < -0.3 is 10.6 Å². The maximum absolute atomic E-state index is 12.1. The minimum absolute atomic E-state index is 0.0428. The van der Waals surface area contributed by atoms with Crippen LogP contribution in [0.3, 0.4) is 0 Å². The number of likely N-dealkylation sites (tertiary alicyclic amines) is 1.